The van der Waals surface area contributed by atoms with Gasteiger partial charge >= 0.3 is 226 Å². The third kappa shape index (κ3) is 4.10. The molecule has 0 fully saturated rings. The minimum Gasteiger partial charge on any atom is -1.00 e. The average Bonchev–Trinajstić information content (AvgIpc) is 3.32. The topological polar surface area (TPSA) is 0 Å². The standard InChI is InChI=1S/C22H25.C12H8Si.2ClH.Zr/c1-14(2)8-18-12-19-7-6-17(5)22(21(19)13-18)20-10-15(3)9-16(4)11-20;1-3-7-11-9(5-1)10-6-2-4-8-12(10)13-11;;;/h6-7,9-14H,8H2,1-5H3;1-7,13H;2*1H;/q;;;;+2/p-2. The molecule has 2 unspecified atom stereocenters. The van der Waals surface area contributed by atoms with Gasteiger partial charge in [0.2, 0.25) is 0 Å². The molecule has 4 aromatic carbocycles. The SMILES string of the molecule is Cc1cc(C)cc(-c2c(C)ccc3c2C=C(CC(C)C)[CH]3[Zr+2]2[c]3cccc4c3[SiH]2c2ccccc2-4)c1.[Cl-].[Cl-]. The maximum absolute atomic E-state index is 2.66. The number of allylic oxidation sites excluding steroid dienone is 1. The van der Waals surface area contributed by atoms with Crippen LogP contribution in [0, 0.1) is 26.7 Å². The van der Waals surface area contributed by atoms with Gasteiger partial charge < -0.3 is 24.8 Å². The van der Waals surface area contributed by atoms with Gasteiger partial charge in [-0.15, -0.1) is 0 Å². The summed E-state index contributed by atoms with van der Waals surface area (Å²) in [5, 5.41) is 3.59. The van der Waals surface area contributed by atoms with Gasteiger partial charge in [-0.2, -0.15) is 0 Å². The maximum Gasteiger partial charge on any atom is -1.00 e. The fraction of sp³-hybridized carbons (Fsp3) is 0.235. The predicted molar refractivity (Wildman–Crippen MR) is 154 cm³/mol. The van der Waals surface area contributed by atoms with Crippen molar-refractivity contribution in [1.82, 2.24) is 0 Å². The fourth-order valence-electron chi connectivity index (χ4n) is 7.37. The van der Waals surface area contributed by atoms with Crippen molar-refractivity contribution in [3.8, 4) is 22.3 Å². The Morgan fingerprint density at radius 2 is 1.53 bits per heavy atom. The molecule has 1 aliphatic carbocycles. The van der Waals surface area contributed by atoms with Gasteiger partial charge in [0.25, 0.3) is 0 Å². The van der Waals surface area contributed by atoms with E-state index in [1.807, 2.05) is 8.46 Å². The van der Waals surface area contributed by atoms with Crippen LogP contribution in [-0.2, 0) is 20.9 Å². The van der Waals surface area contributed by atoms with Gasteiger partial charge in [0, 0.05) is 0 Å². The molecule has 2 heterocycles. The van der Waals surface area contributed by atoms with Crippen molar-refractivity contribution >= 4 is 25.6 Å². The average molecular weight is 632 g/mol. The van der Waals surface area contributed by atoms with Crippen LogP contribution in [0.15, 0.2) is 78.4 Å². The molecule has 4 aromatic rings. The van der Waals surface area contributed by atoms with E-state index in [9.17, 15) is 0 Å². The zero-order chi connectivity index (χ0) is 24.7. The van der Waals surface area contributed by atoms with Crippen LogP contribution in [0.25, 0.3) is 28.3 Å². The number of fused-ring (bicyclic) bond motifs is 4. The zero-order valence-corrected chi connectivity index (χ0v) is 27.8. The molecular formula is C34H33Cl2SiZr. The van der Waals surface area contributed by atoms with Gasteiger partial charge in [-0.25, -0.2) is 0 Å². The minimum atomic E-state index is -1.95. The van der Waals surface area contributed by atoms with Crippen molar-refractivity contribution in [2.75, 3.05) is 0 Å². The van der Waals surface area contributed by atoms with Gasteiger partial charge in [-0.05, 0) is 0 Å². The molecule has 0 N–H and O–H groups in total. The molecule has 0 spiro atoms. The molecule has 0 nitrogen and oxygen atoms in total. The Kier molecular flexibility index (Phi) is 7.60. The summed E-state index contributed by atoms with van der Waals surface area (Å²) in [6.07, 6.45) is 3.89. The van der Waals surface area contributed by atoms with E-state index < -0.39 is 26.8 Å². The van der Waals surface area contributed by atoms with E-state index in [1.54, 1.807) is 33.0 Å². The molecule has 3 aliphatic rings. The van der Waals surface area contributed by atoms with Gasteiger partial charge in [0.15, 0.2) is 0 Å². The summed E-state index contributed by atoms with van der Waals surface area (Å²) >= 11 is -1.95. The largest absolute Gasteiger partial charge is 1.00 e. The molecule has 0 saturated heterocycles. The first-order valence-corrected chi connectivity index (χ1v) is 22.1. The Labute approximate surface area is 248 Å². The van der Waals surface area contributed by atoms with Crippen molar-refractivity contribution in [2.24, 2.45) is 5.92 Å². The Morgan fingerprint density at radius 1 is 0.816 bits per heavy atom. The van der Waals surface area contributed by atoms with Crippen molar-refractivity contribution in [1.29, 1.82) is 0 Å². The first kappa shape index (κ1) is 27.9. The second kappa shape index (κ2) is 10.4. The number of benzene rings is 4. The van der Waals surface area contributed by atoms with Crippen LogP contribution in [0.3, 0.4) is 0 Å². The predicted octanol–water partition coefficient (Wildman–Crippen LogP) is 0.547. The minimum absolute atomic E-state index is 0. The second-order valence-corrected chi connectivity index (χ2v) is 26.6. The molecule has 0 aromatic heterocycles. The first-order chi connectivity index (χ1) is 17.4. The van der Waals surface area contributed by atoms with Crippen LogP contribution in [0.4, 0.5) is 0 Å². The summed E-state index contributed by atoms with van der Waals surface area (Å²) in [7, 11) is 0. The van der Waals surface area contributed by atoms with Crippen LogP contribution in [-0.4, -0.2) is 5.92 Å². The van der Waals surface area contributed by atoms with E-state index in [0.717, 1.165) is 0 Å². The molecule has 191 valence electrons. The van der Waals surface area contributed by atoms with E-state index in [2.05, 4.69) is 113 Å². The van der Waals surface area contributed by atoms with Crippen molar-refractivity contribution in [3.63, 3.8) is 0 Å². The fourth-order valence-corrected chi connectivity index (χ4v) is 33.5. The van der Waals surface area contributed by atoms with Gasteiger partial charge in [0.1, 0.15) is 0 Å². The van der Waals surface area contributed by atoms with E-state index in [4.69, 9.17) is 0 Å². The van der Waals surface area contributed by atoms with Crippen LogP contribution in [0.1, 0.15) is 51.7 Å². The third-order valence-corrected chi connectivity index (χ3v) is 30.8. The number of aryl methyl sites for hydroxylation is 3. The van der Waals surface area contributed by atoms with Crippen LogP contribution in [0.2, 0.25) is 0 Å². The Bertz CT molecular complexity index is 1580. The zero-order valence-electron chi connectivity index (χ0n) is 22.7. The summed E-state index contributed by atoms with van der Waals surface area (Å²) in [6.45, 7) is 11.6. The molecule has 0 amide bonds. The monoisotopic (exact) mass is 629 g/mol. The number of hydrogen-bond acceptors (Lipinski definition) is 0. The van der Waals surface area contributed by atoms with Gasteiger partial charge in [-0.3, -0.25) is 0 Å². The molecule has 0 saturated carbocycles. The smallest absolute Gasteiger partial charge is 1.00 e. The Balaban J connectivity index is 0.00000147. The van der Waals surface area contributed by atoms with Crippen LogP contribution >= 0.6 is 0 Å². The van der Waals surface area contributed by atoms with Crippen molar-refractivity contribution in [2.45, 2.75) is 44.7 Å². The first-order valence-electron chi connectivity index (χ1n) is 13.4. The second-order valence-electron chi connectivity index (χ2n) is 11.6. The number of hydrogen-bond donors (Lipinski definition) is 0. The molecule has 0 radical (unpaired) electrons. The summed E-state index contributed by atoms with van der Waals surface area (Å²) < 4.78 is 2.55. The number of halogens is 2. The molecular weight excluding hydrogens is 599 g/mol. The molecule has 2 aliphatic heterocycles. The molecule has 0 bridgehead atoms. The van der Waals surface area contributed by atoms with Crippen LogP contribution < -0.4 is 38.5 Å². The Hall–Kier alpha value is -1.70. The molecule has 7 rings (SSSR count). The van der Waals surface area contributed by atoms with Gasteiger partial charge in [0.05, 0.1) is 0 Å². The normalized spacial score (nSPS) is 17.6. The van der Waals surface area contributed by atoms with E-state index >= 15 is 0 Å². The molecule has 38 heavy (non-hydrogen) atoms. The van der Waals surface area contributed by atoms with Crippen LogP contribution in [0.5, 0.6) is 0 Å². The Morgan fingerprint density at radius 3 is 2.26 bits per heavy atom. The van der Waals surface area contributed by atoms with E-state index in [-0.39, 0.29) is 24.8 Å². The van der Waals surface area contributed by atoms with Gasteiger partial charge in [-0.1, -0.05) is 0 Å². The summed E-state index contributed by atoms with van der Waals surface area (Å²) in [6, 6.07) is 28.8. The molecule has 4 heteroatoms. The van der Waals surface area contributed by atoms with E-state index in [1.165, 1.54) is 34.2 Å². The summed E-state index contributed by atoms with van der Waals surface area (Å²) in [4.78, 5) is 0. The third-order valence-electron chi connectivity index (χ3n) is 8.54. The maximum atomic E-state index is 2.66. The van der Waals surface area contributed by atoms with Crippen molar-refractivity contribution in [3.05, 3.63) is 106 Å². The molecule has 2 atom stereocenters. The van der Waals surface area contributed by atoms with Crippen molar-refractivity contribution < 1.29 is 45.7 Å². The van der Waals surface area contributed by atoms with E-state index in [0.29, 0.717) is 9.54 Å². The summed E-state index contributed by atoms with van der Waals surface area (Å²) in [5.74, 6) is -0.369. The quantitative estimate of drug-likeness (QED) is 0.289. The number of rotatable bonds is 4. The summed E-state index contributed by atoms with van der Waals surface area (Å²) in [5.41, 5.74) is 15.1.